The Hall–Kier alpha value is -2.62. The van der Waals surface area contributed by atoms with Crippen LogP contribution in [-0.2, 0) is 19.1 Å². The lowest BCUT2D eigenvalue weighted by Crippen LogP contribution is -2.57. The van der Waals surface area contributed by atoms with E-state index in [1.54, 1.807) is 0 Å². The zero-order valence-corrected chi connectivity index (χ0v) is 13.9. The minimum atomic E-state index is -2.08. The summed E-state index contributed by atoms with van der Waals surface area (Å²) in [4.78, 5) is 23.6. The molecule has 1 aliphatic rings. The highest BCUT2D eigenvalue weighted by Gasteiger charge is 2.50. The van der Waals surface area contributed by atoms with Gasteiger partial charge in [0.2, 0.25) is 0 Å². The number of aromatic hydroxyl groups is 2. The molecule has 1 aliphatic carbocycles. The lowest BCUT2D eigenvalue weighted by molar-refractivity contribution is -0.198. The summed E-state index contributed by atoms with van der Waals surface area (Å²) in [7, 11) is 1.06. The topological polar surface area (TPSA) is 154 Å². The Morgan fingerprint density at radius 1 is 1.19 bits per heavy atom. The van der Waals surface area contributed by atoms with Gasteiger partial charge in [-0.3, -0.25) is 0 Å². The van der Waals surface area contributed by atoms with E-state index in [2.05, 4.69) is 4.74 Å². The fourth-order valence-electron chi connectivity index (χ4n) is 2.72. The number of phenols is 2. The monoisotopic (exact) mass is 368 g/mol. The van der Waals surface area contributed by atoms with Crippen molar-refractivity contribution in [2.45, 2.75) is 36.8 Å². The summed E-state index contributed by atoms with van der Waals surface area (Å²) in [6, 6.07) is 3.89. The first-order chi connectivity index (χ1) is 12.2. The Morgan fingerprint density at radius 3 is 2.50 bits per heavy atom. The molecule has 9 nitrogen and oxygen atoms in total. The van der Waals surface area contributed by atoms with Gasteiger partial charge in [0.05, 0.1) is 13.2 Å². The van der Waals surface area contributed by atoms with Gasteiger partial charge in [-0.2, -0.15) is 0 Å². The lowest BCUT2D eigenvalue weighted by Gasteiger charge is -2.39. The Kier molecular flexibility index (Phi) is 5.86. The van der Waals surface area contributed by atoms with Crippen molar-refractivity contribution in [3.63, 3.8) is 0 Å². The summed E-state index contributed by atoms with van der Waals surface area (Å²) in [6.45, 7) is 0. The highest BCUT2D eigenvalue weighted by atomic mass is 16.6. The predicted molar refractivity (Wildman–Crippen MR) is 86.9 cm³/mol. The zero-order valence-electron chi connectivity index (χ0n) is 13.9. The van der Waals surface area contributed by atoms with Crippen LogP contribution >= 0.6 is 0 Å². The fraction of sp³-hybridized carbons (Fsp3) is 0.412. The Balaban J connectivity index is 2.07. The first kappa shape index (κ1) is 19.7. The molecular formula is C17H20O9. The Morgan fingerprint density at radius 2 is 1.88 bits per heavy atom. The molecule has 0 saturated heterocycles. The fourth-order valence-corrected chi connectivity index (χ4v) is 2.72. The summed E-state index contributed by atoms with van der Waals surface area (Å²) in [5.41, 5.74) is -1.68. The molecule has 0 amide bonds. The number of aliphatic hydroxyl groups is 3. The summed E-state index contributed by atoms with van der Waals surface area (Å²) in [5, 5.41) is 48.7. The summed E-state index contributed by atoms with van der Waals surface area (Å²) < 4.78 is 9.50. The van der Waals surface area contributed by atoms with Crippen molar-refractivity contribution in [2.24, 2.45) is 0 Å². The van der Waals surface area contributed by atoms with Gasteiger partial charge in [-0.1, -0.05) is 6.07 Å². The molecule has 2 rings (SSSR count). The predicted octanol–water partition coefficient (Wildman–Crippen LogP) is -0.558. The van der Waals surface area contributed by atoms with Crippen molar-refractivity contribution in [3.05, 3.63) is 29.8 Å². The number of ether oxygens (including phenoxy) is 2. The molecule has 0 radical (unpaired) electrons. The third-order valence-corrected chi connectivity index (χ3v) is 4.11. The molecule has 142 valence electrons. The normalized spacial score (nSPS) is 28.7. The number of methoxy groups -OCH3 is 1. The third kappa shape index (κ3) is 4.31. The quantitative estimate of drug-likeness (QED) is 0.267. The molecule has 0 aliphatic heterocycles. The van der Waals surface area contributed by atoms with Crippen LogP contribution in [0.1, 0.15) is 18.4 Å². The molecule has 0 heterocycles. The van der Waals surface area contributed by atoms with Gasteiger partial charge in [0.15, 0.2) is 17.1 Å². The molecule has 0 aromatic heterocycles. The van der Waals surface area contributed by atoms with E-state index < -0.39 is 48.7 Å². The van der Waals surface area contributed by atoms with E-state index in [9.17, 15) is 35.1 Å². The molecule has 9 heteroatoms. The number of phenolic OH excluding ortho intramolecular Hbond substituents is 2. The number of hydrogen-bond donors (Lipinski definition) is 5. The highest BCUT2D eigenvalue weighted by Crippen LogP contribution is 2.32. The van der Waals surface area contributed by atoms with E-state index in [1.165, 1.54) is 24.3 Å². The van der Waals surface area contributed by atoms with E-state index in [0.717, 1.165) is 13.2 Å². The van der Waals surface area contributed by atoms with Gasteiger partial charge >= 0.3 is 11.9 Å². The van der Waals surface area contributed by atoms with Crippen molar-refractivity contribution in [1.29, 1.82) is 0 Å². The smallest absolute Gasteiger partial charge is 0.338 e. The number of rotatable bonds is 4. The molecule has 26 heavy (non-hydrogen) atoms. The average Bonchev–Trinajstić information content (AvgIpc) is 2.59. The minimum absolute atomic E-state index is 0.314. The van der Waals surface area contributed by atoms with Crippen molar-refractivity contribution in [1.82, 2.24) is 0 Å². The molecule has 1 fully saturated rings. The van der Waals surface area contributed by atoms with Crippen LogP contribution in [0.5, 0.6) is 11.5 Å². The van der Waals surface area contributed by atoms with Crippen LogP contribution in [0.25, 0.3) is 6.08 Å². The first-order valence-electron chi connectivity index (χ1n) is 7.74. The average molecular weight is 368 g/mol. The molecule has 5 N–H and O–H groups in total. The maximum Gasteiger partial charge on any atom is 0.338 e. The Bertz CT molecular complexity index is 714. The second-order valence-electron chi connectivity index (χ2n) is 6.05. The van der Waals surface area contributed by atoms with Gasteiger partial charge in [-0.25, -0.2) is 9.59 Å². The number of hydrogen-bond acceptors (Lipinski definition) is 9. The van der Waals surface area contributed by atoms with Gasteiger partial charge in [0.1, 0.15) is 12.2 Å². The molecule has 4 atom stereocenters. The number of benzene rings is 1. The first-order valence-corrected chi connectivity index (χ1v) is 7.74. The highest BCUT2D eigenvalue weighted by molar-refractivity contribution is 5.87. The third-order valence-electron chi connectivity index (χ3n) is 4.11. The second kappa shape index (κ2) is 7.73. The summed E-state index contributed by atoms with van der Waals surface area (Å²) >= 11 is 0. The summed E-state index contributed by atoms with van der Waals surface area (Å²) in [6.07, 6.45) is -2.88. The van der Waals surface area contributed by atoms with Crippen LogP contribution in [0.15, 0.2) is 24.3 Å². The maximum absolute atomic E-state index is 11.9. The van der Waals surface area contributed by atoms with Crippen molar-refractivity contribution < 1.29 is 44.6 Å². The summed E-state index contributed by atoms with van der Waals surface area (Å²) in [5.74, 6) is -2.58. The molecule has 0 spiro atoms. The molecule has 1 saturated carbocycles. The largest absolute Gasteiger partial charge is 0.504 e. The Labute approximate surface area is 148 Å². The van der Waals surface area contributed by atoms with Crippen LogP contribution in [0.4, 0.5) is 0 Å². The number of esters is 2. The second-order valence-corrected chi connectivity index (χ2v) is 6.05. The number of carbonyl (C=O) groups excluding carboxylic acids is 2. The molecule has 0 unspecified atom stereocenters. The van der Waals surface area contributed by atoms with Crippen molar-refractivity contribution in [3.8, 4) is 11.5 Å². The van der Waals surface area contributed by atoms with E-state index in [0.29, 0.717) is 5.56 Å². The molecule has 1 aromatic rings. The molecule has 0 bridgehead atoms. The number of carbonyl (C=O) groups is 2. The van der Waals surface area contributed by atoms with Crippen LogP contribution in [0, 0.1) is 0 Å². The van der Waals surface area contributed by atoms with E-state index >= 15 is 0 Å². The SMILES string of the molecule is COC(=O)[C@@]1(O)C[C@@H](O)[C@H](O)[C@H](OC(=O)/C=C/c2ccc(O)c(O)c2)C1. The van der Waals surface area contributed by atoms with Crippen LogP contribution in [0.2, 0.25) is 0 Å². The van der Waals surface area contributed by atoms with Crippen LogP contribution in [0.3, 0.4) is 0 Å². The molecule has 1 aromatic carbocycles. The van der Waals surface area contributed by atoms with Gasteiger partial charge in [-0.05, 0) is 23.8 Å². The van der Waals surface area contributed by atoms with Crippen LogP contribution < -0.4 is 0 Å². The van der Waals surface area contributed by atoms with Gasteiger partial charge in [-0.15, -0.1) is 0 Å². The molecular weight excluding hydrogens is 348 g/mol. The van der Waals surface area contributed by atoms with Crippen molar-refractivity contribution in [2.75, 3.05) is 7.11 Å². The van der Waals surface area contributed by atoms with Gasteiger partial charge in [0, 0.05) is 18.9 Å². The van der Waals surface area contributed by atoms with Crippen LogP contribution in [-0.4, -0.2) is 68.5 Å². The van der Waals surface area contributed by atoms with E-state index in [-0.39, 0.29) is 11.5 Å². The van der Waals surface area contributed by atoms with Gasteiger partial charge < -0.3 is 35.0 Å². The van der Waals surface area contributed by atoms with E-state index in [1.807, 2.05) is 0 Å². The minimum Gasteiger partial charge on any atom is -0.504 e. The number of aliphatic hydroxyl groups excluding tert-OH is 2. The maximum atomic E-state index is 11.9. The van der Waals surface area contributed by atoms with Crippen molar-refractivity contribution >= 4 is 18.0 Å². The van der Waals surface area contributed by atoms with E-state index in [4.69, 9.17) is 4.74 Å². The zero-order chi connectivity index (χ0) is 19.5. The van der Waals surface area contributed by atoms with Gasteiger partial charge in [0.25, 0.3) is 0 Å². The standard InChI is InChI=1S/C17H20O9/c1-25-16(23)17(24)7-12(20)15(22)13(8-17)26-14(21)5-3-9-2-4-10(18)11(19)6-9/h2-6,12-13,15,18-20,22,24H,7-8H2,1H3/b5-3+/t12-,13-,15+,17-/m1/s1. The lowest BCUT2D eigenvalue weighted by atomic mass is 9.79.